The van der Waals surface area contributed by atoms with Crippen molar-refractivity contribution in [2.45, 2.75) is 57.8 Å². The third kappa shape index (κ3) is 13.1. The van der Waals surface area contributed by atoms with E-state index in [-0.39, 0.29) is 12.2 Å². The zero-order valence-electron chi connectivity index (χ0n) is 20.5. The topological polar surface area (TPSA) is 76.0 Å². The second-order valence-corrected chi connectivity index (χ2v) is 8.45. The van der Waals surface area contributed by atoms with Gasteiger partial charge in [-0.3, -0.25) is 4.79 Å². The Balaban J connectivity index is 0.000000251. The fraction of sp³-hybridized carbons (Fsp3) is 0.367. The minimum absolute atomic E-state index is 0.274. The number of carboxylic acid groups (broad SMARTS) is 1. The van der Waals surface area contributed by atoms with E-state index in [9.17, 15) is 4.79 Å². The monoisotopic (exact) mass is 478 g/mol. The lowest BCUT2D eigenvalue weighted by molar-refractivity contribution is -0.137. The van der Waals surface area contributed by atoms with Crippen LogP contribution in [0.2, 0.25) is 0 Å². The van der Waals surface area contributed by atoms with Crippen molar-refractivity contribution in [2.24, 2.45) is 0 Å². The van der Waals surface area contributed by atoms with Gasteiger partial charge in [0.15, 0.2) is 0 Å². The number of fused-ring (bicyclic) bond motifs is 1. The first-order chi connectivity index (χ1) is 17.0. The zero-order valence-corrected chi connectivity index (χ0v) is 20.5. The quantitative estimate of drug-likeness (QED) is 0.171. The summed E-state index contributed by atoms with van der Waals surface area (Å²) in [4.78, 5) is 10.2. The highest BCUT2D eigenvalue weighted by Crippen LogP contribution is 2.20. The minimum atomic E-state index is -0.708. The molecule has 0 fully saturated rings. The maximum Gasteiger partial charge on any atom is 0.303 e. The van der Waals surface area contributed by atoms with Crippen LogP contribution in [0.15, 0.2) is 85.1 Å². The summed E-state index contributed by atoms with van der Waals surface area (Å²) in [5.41, 5.74) is 0. The number of aliphatic hydroxyl groups excluding tert-OH is 1. The van der Waals surface area contributed by atoms with Crippen molar-refractivity contribution in [3.05, 3.63) is 85.1 Å². The summed E-state index contributed by atoms with van der Waals surface area (Å²) >= 11 is 0. The van der Waals surface area contributed by atoms with Gasteiger partial charge in [0, 0.05) is 12.8 Å². The molecule has 0 aliphatic carbocycles. The fourth-order valence-corrected chi connectivity index (χ4v) is 3.49. The van der Waals surface area contributed by atoms with Crippen molar-refractivity contribution in [3.8, 4) is 11.5 Å². The summed E-state index contributed by atoms with van der Waals surface area (Å²) in [7, 11) is 0. The van der Waals surface area contributed by atoms with Gasteiger partial charge in [0.25, 0.3) is 0 Å². The molecule has 0 aliphatic rings. The van der Waals surface area contributed by atoms with Crippen LogP contribution in [-0.2, 0) is 4.79 Å². The van der Waals surface area contributed by atoms with Crippen LogP contribution in [0.25, 0.3) is 10.8 Å². The van der Waals surface area contributed by atoms with E-state index >= 15 is 0 Å². The highest BCUT2D eigenvalue weighted by Gasteiger charge is 1.98. The van der Waals surface area contributed by atoms with Gasteiger partial charge in [-0.05, 0) is 67.1 Å². The maximum absolute atomic E-state index is 10.2. The average molecular weight is 479 g/mol. The van der Waals surface area contributed by atoms with Gasteiger partial charge >= 0.3 is 5.97 Å². The predicted molar refractivity (Wildman–Crippen MR) is 142 cm³/mol. The van der Waals surface area contributed by atoms with Crippen LogP contribution < -0.4 is 9.47 Å². The Kier molecular flexibility index (Phi) is 13.5. The van der Waals surface area contributed by atoms with Crippen LogP contribution in [0.3, 0.4) is 0 Å². The Hall–Kier alpha value is -3.47. The smallest absolute Gasteiger partial charge is 0.303 e. The van der Waals surface area contributed by atoms with Gasteiger partial charge in [0.2, 0.25) is 0 Å². The van der Waals surface area contributed by atoms with Gasteiger partial charge in [-0.25, -0.2) is 0 Å². The number of unbranched alkanes of at least 4 members (excludes halogenated alkanes) is 5. The SMILES string of the molecule is C=C(O)CCCCCOc1ccc2ccccc2c1.O=C(O)CCCCCCOc1ccccc1. The number of carbonyl (C=O) groups is 1. The average Bonchev–Trinajstić information content (AvgIpc) is 2.86. The van der Waals surface area contributed by atoms with Crippen LogP contribution in [0.1, 0.15) is 57.8 Å². The predicted octanol–water partition coefficient (Wildman–Crippen LogP) is 7.95. The highest BCUT2D eigenvalue weighted by molar-refractivity contribution is 5.83. The van der Waals surface area contributed by atoms with Crippen molar-refractivity contribution in [2.75, 3.05) is 13.2 Å². The summed E-state index contributed by atoms with van der Waals surface area (Å²) in [5, 5.41) is 19.8. The fourth-order valence-electron chi connectivity index (χ4n) is 3.49. The number of ether oxygens (including phenoxy) is 2. The molecule has 0 atom stereocenters. The van der Waals surface area contributed by atoms with E-state index in [4.69, 9.17) is 19.7 Å². The van der Waals surface area contributed by atoms with Gasteiger partial charge in [0.05, 0.1) is 19.0 Å². The molecule has 0 saturated carbocycles. The van der Waals surface area contributed by atoms with E-state index in [0.717, 1.165) is 63.1 Å². The van der Waals surface area contributed by atoms with Gasteiger partial charge in [-0.2, -0.15) is 0 Å². The summed E-state index contributed by atoms with van der Waals surface area (Å²) < 4.78 is 11.3. The van der Waals surface area contributed by atoms with E-state index in [1.54, 1.807) is 0 Å². The molecule has 0 saturated heterocycles. The Labute approximate surface area is 209 Å². The first-order valence-electron chi connectivity index (χ1n) is 12.4. The van der Waals surface area contributed by atoms with Gasteiger partial charge in [-0.15, -0.1) is 0 Å². The van der Waals surface area contributed by atoms with E-state index in [1.165, 1.54) is 10.8 Å². The first-order valence-corrected chi connectivity index (χ1v) is 12.4. The zero-order chi connectivity index (χ0) is 25.1. The van der Waals surface area contributed by atoms with Gasteiger partial charge in [-0.1, -0.05) is 68.0 Å². The van der Waals surface area contributed by atoms with E-state index in [0.29, 0.717) is 13.0 Å². The minimum Gasteiger partial charge on any atom is -0.513 e. The van der Waals surface area contributed by atoms with E-state index in [2.05, 4.69) is 30.8 Å². The molecule has 2 N–H and O–H groups in total. The van der Waals surface area contributed by atoms with Crippen LogP contribution in [0.5, 0.6) is 11.5 Å². The number of rotatable bonds is 15. The lowest BCUT2D eigenvalue weighted by atomic mass is 10.1. The molecule has 3 aromatic carbocycles. The largest absolute Gasteiger partial charge is 0.513 e. The van der Waals surface area contributed by atoms with Crippen LogP contribution in [-0.4, -0.2) is 29.4 Å². The Morgan fingerprint density at radius 3 is 1.89 bits per heavy atom. The third-order valence-electron chi connectivity index (χ3n) is 5.40. The Morgan fingerprint density at radius 1 is 0.629 bits per heavy atom. The normalized spacial score (nSPS) is 10.3. The molecule has 0 amide bonds. The van der Waals surface area contributed by atoms with Crippen LogP contribution in [0, 0.1) is 0 Å². The third-order valence-corrected chi connectivity index (χ3v) is 5.40. The molecule has 5 nitrogen and oxygen atoms in total. The summed E-state index contributed by atoms with van der Waals surface area (Å²) in [6.45, 7) is 4.90. The van der Waals surface area contributed by atoms with E-state index in [1.807, 2.05) is 48.5 Å². The lowest BCUT2D eigenvalue weighted by Gasteiger charge is -2.07. The molecule has 0 aliphatic heterocycles. The molecule has 3 aromatic rings. The second-order valence-electron chi connectivity index (χ2n) is 8.45. The van der Waals surface area contributed by atoms with Crippen LogP contribution >= 0.6 is 0 Å². The standard InChI is InChI=1S/C17H20O2.C13H18O3/c1-14(18)7-3-2-6-12-19-17-11-10-15-8-4-5-9-16(15)13-17;14-13(15)10-6-1-2-7-11-16-12-8-4-3-5-9-12/h4-5,8-11,13,18H,1-3,6-7,12H2;3-5,8-9H,1-2,6-7,10-11H2,(H,14,15). The molecule has 0 unspecified atom stereocenters. The molecule has 0 spiro atoms. The van der Waals surface area contributed by atoms with Crippen molar-refractivity contribution in [3.63, 3.8) is 0 Å². The first kappa shape index (κ1) is 27.8. The summed E-state index contributed by atoms with van der Waals surface area (Å²) in [6.07, 6.45) is 7.72. The molecule has 188 valence electrons. The number of allylic oxidation sites excluding steroid dienone is 1. The number of aliphatic carboxylic acids is 1. The van der Waals surface area contributed by atoms with E-state index < -0.39 is 5.97 Å². The molecular formula is C30H38O5. The number of hydrogen-bond acceptors (Lipinski definition) is 4. The van der Waals surface area contributed by atoms with Crippen molar-refractivity contribution in [1.82, 2.24) is 0 Å². The van der Waals surface area contributed by atoms with Crippen molar-refractivity contribution >= 4 is 16.7 Å². The number of benzene rings is 3. The number of carboxylic acids is 1. The molecular weight excluding hydrogens is 440 g/mol. The van der Waals surface area contributed by atoms with Crippen LogP contribution in [0.4, 0.5) is 0 Å². The Bertz CT molecular complexity index is 1000. The van der Waals surface area contributed by atoms with Crippen molar-refractivity contribution in [1.29, 1.82) is 0 Å². The maximum atomic E-state index is 10.2. The summed E-state index contributed by atoms with van der Waals surface area (Å²) in [6, 6.07) is 24.2. The molecule has 0 radical (unpaired) electrons. The second kappa shape index (κ2) is 17.0. The lowest BCUT2D eigenvalue weighted by Crippen LogP contribution is -1.98. The molecule has 0 heterocycles. The number of aliphatic hydroxyl groups is 1. The molecule has 3 rings (SSSR count). The molecule has 0 aromatic heterocycles. The number of para-hydroxylation sites is 1. The van der Waals surface area contributed by atoms with Crippen molar-refractivity contribution < 1.29 is 24.5 Å². The summed E-state index contributed by atoms with van der Waals surface area (Å²) in [5.74, 6) is 1.38. The molecule has 35 heavy (non-hydrogen) atoms. The van der Waals surface area contributed by atoms with Gasteiger partial charge in [0.1, 0.15) is 11.5 Å². The highest BCUT2D eigenvalue weighted by atomic mass is 16.5. The Morgan fingerprint density at radius 2 is 1.20 bits per heavy atom. The van der Waals surface area contributed by atoms with Gasteiger partial charge < -0.3 is 19.7 Å². The number of hydrogen-bond donors (Lipinski definition) is 2. The molecule has 5 heteroatoms. The molecule has 0 bridgehead atoms.